The fourth-order valence-corrected chi connectivity index (χ4v) is 3.48. The number of benzene rings is 2. The predicted octanol–water partition coefficient (Wildman–Crippen LogP) is 5.50. The second-order valence-corrected chi connectivity index (χ2v) is 7.79. The molecule has 1 aliphatic rings. The van der Waals surface area contributed by atoms with E-state index in [1.165, 1.54) is 31.0 Å². The molecule has 0 spiro atoms. The third kappa shape index (κ3) is 3.92. The van der Waals surface area contributed by atoms with Crippen molar-refractivity contribution in [2.24, 2.45) is 5.92 Å². The molecule has 6 heteroatoms. The molecule has 0 aliphatic heterocycles. The van der Waals surface area contributed by atoms with Crippen LogP contribution in [0.4, 0.5) is 4.39 Å². The predicted molar refractivity (Wildman–Crippen MR) is 115 cm³/mol. The number of methoxy groups -OCH3 is 1. The molecule has 0 amide bonds. The van der Waals surface area contributed by atoms with Gasteiger partial charge < -0.3 is 13.9 Å². The van der Waals surface area contributed by atoms with Crippen molar-refractivity contribution in [3.8, 4) is 11.5 Å². The number of fused-ring (bicyclic) bond motifs is 1. The molecule has 144 valence electrons. The molecule has 0 saturated heterocycles. The van der Waals surface area contributed by atoms with Crippen LogP contribution in [0.3, 0.4) is 0 Å². The molecule has 4 nitrogen and oxygen atoms in total. The van der Waals surface area contributed by atoms with Crippen LogP contribution >= 0.6 is 22.6 Å². The normalized spacial score (nSPS) is 14.0. The highest BCUT2D eigenvalue weighted by Gasteiger charge is 2.23. The van der Waals surface area contributed by atoms with Crippen molar-refractivity contribution in [1.29, 1.82) is 0 Å². The van der Waals surface area contributed by atoms with Crippen molar-refractivity contribution in [3.05, 3.63) is 67.3 Å². The fraction of sp³-hybridized carbons (Fsp3) is 0.227. The summed E-state index contributed by atoms with van der Waals surface area (Å²) < 4.78 is 31.2. The number of rotatable bonds is 6. The lowest BCUT2D eigenvalue weighted by Gasteiger charge is -2.13. The molecule has 3 aromatic rings. The lowest BCUT2D eigenvalue weighted by atomic mass is 10.1. The highest BCUT2D eigenvalue weighted by Crippen LogP contribution is 2.36. The maximum absolute atomic E-state index is 13.5. The second-order valence-electron chi connectivity index (χ2n) is 6.72. The Bertz CT molecular complexity index is 1120. The van der Waals surface area contributed by atoms with Crippen LogP contribution in [-0.4, -0.2) is 13.7 Å². The van der Waals surface area contributed by atoms with Crippen molar-refractivity contribution in [2.45, 2.75) is 12.8 Å². The van der Waals surface area contributed by atoms with Gasteiger partial charge in [0.2, 0.25) is 5.43 Å². The minimum atomic E-state index is -0.449. The average Bonchev–Trinajstić information content (AvgIpc) is 3.52. The van der Waals surface area contributed by atoms with Gasteiger partial charge in [-0.15, -0.1) is 0 Å². The molecule has 0 N–H and O–H groups in total. The molecule has 0 radical (unpaired) electrons. The van der Waals surface area contributed by atoms with Gasteiger partial charge in [-0.2, -0.15) is 0 Å². The zero-order chi connectivity index (χ0) is 19.7. The molecule has 1 aromatic heterocycles. The Balaban J connectivity index is 1.72. The van der Waals surface area contributed by atoms with Gasteiger partial charge in [-0.1, -0.05) is 12.1 Å². The van der Waals surface area contributed by atoms with Gasteiger partial charge in [-0.25, -0.2) is 4.39 Å². The molecule has 4 rings (SSSR count). The first-order valence-electron chi connectivity index (χ1n) is 8.96. The van der Waals surface area contributed by atoms with Gasteiger partial charge in [0.25, 0.3) is 0 Å². The van der Waals surface area contributed by atoms with E-state index in [-0.39, 0.29) is 11.0 Å². The summed E-state index contributed by atoms with van der Waals surface area (Å²) in [7, 11) is 1.60. The van der Waals surface area contributed by atoms with Crippen LogP contribution in [0.2, 0.25) is 0 Å². The lowest BCUT2D eigenvalue weighted by Crippen LogP contribution is -2.07. The molecular weight excluding hydrogens is 474 g/mol. The third-order valence-corrected chi connectivity index (χ3v) is 5.65. The molecule has 1 saturated carbocycles. The number of ether oxygens (including phenoxy) is 2. The Labute approximate surface area is 175 Å². The summed E-state index contributed by atoms with van der Waals surface area (Å²) >= 11 is 1.95. The lowest BCUT2D eigenvalue weighted by molar-refractivity contribution is 0.280. The van der Waals surface area contributed by atoms with E-state index in [2.05, 4.69) is 0 Å². The van der Waals surface area contributed by atoms with Gasteiger partial charge in [0.15, 0.2) is 11.5 Å². The maximum Gasteiger partial charge on any atom is 0.206 e. The first-order valence-corrected chi connectivity index (χ1v) is 10.0. The Hall–Kier alpha value is -2.35. The monoisotopic (exact) mass is 492 g/mol. The third-order valence-electron chi connectivity index (χ3n) is 4.63. The second kappa shape index (κ2) is 7.95. The van der Waals surface area contributed by atoms with E-state index < -0.39 is 5.82 Å². The standard InChI is InChI=1S/C22H18FIO4/c1-26-18-4-2-3-14(22(18)27-12-13-5-6-13)7-10-17-20(24)21(25)16-9-8-15(23)11-19(16)28-17/h2-4,7-11,13H,5-6,12H2,1H3. The van der Waals surface area contributed by atoms with E-state index in [4.69, 9.17) is 13.9 Å². The Kier molecular flexibility index (Phi) is 5.39. The van der Waals surface area contributed by atoms with Crippen LogP contribution in [0.15, 0.2) is 45.6 Å². The molecule has 0 atom stereocenters. The summed E-state index contributed by atoms with van der Waals surface area (Å²) in [5, 5.41) is 0.359. The summed E-state index contributed by atoms with van der Waals surface area (Å²) in [5.41, 5.74) is 0.857. The van der Waals surface area contributed by atoms with E-state index in [0.717, 1.165) is 5.56 Å². The fourth-order valence-electron chi connectivity index (χ4n) is 2.90. The number of hydrogen-bond acceptors (Lipinski definition) is 4. The van der Waals surface area contributed by atoms with Crippen LogP contribution < -0.4 is 14.9 Å². The quantitative estimate of drug-likeness (QED) is 0.427. The van der Waals surface area contributed by atoms with Crippen LogP contribution in [0, 0.1) is 15.3 Å². The number of para-hydroxylation sites is 1. The van der Waals surface area contributed by atoms with Crippen molar-refractivity contribution in [2.75, 3.05) is 13.7 Å². The number of halogens is 2. The smallest absolute Gasteiger partial charge is 0.206 e. The average molecular weight is 492 g/mol. The molecule has 0 unspecified atom stereocenters. The molecule has 2 aromatic carbocycles. The molecule has 0 bridgehead atoms. The van der Waals surface area contributed by atoms with Crippen molar-refractivity contribution in [1.82, 2.24) is 0 Å². The zero-order valence-electron chi connectivity index (χ0n) is 15.2. The van der Waals surface area contributed by atoms with Gasteiger partial charge in [-0.05, 0) is 71.7 Å². The molecular formula is C22H18FIO4. The van der Waals surface area contributed by atoms with E-state index >= 15 is 0 Å². The SMILES string of the molecule is COc1cccc(C=Cc2oc3cc(F)ccc3c(=O)c2I)c1OCC1CC1. The van der Waals surface area contributed by atoms with Gasteiger partial charge in [0, 0.05) is 11.6 Å². The van der Waals surface area contributed by atoms with Crippen molar-refractivity contribution < 1.29 is 18.3 Å². The Morgan fingerprint density at radius 2 is 2.07 bits per heavy atom. The van der Waals surface area contributed by atoms with Crippen LogP contribution in [0.5, 0.6) is 11.5 Å². The van der Waals surface area contributed by atoms with E-state index in [0.29, 0.717) is 38.7 Å². The molecule has 1 aliphatic carbocycles. The Morgan fingerprint density at radius 3 is 2.82 bits per heavy atom. The minimum Gasteiger partial charge on any atom is -0.493 e. The first-order chi connectivity index (χ1) is 13.6. The van der Waals surface area contributed by atoms with E-state index in [9.17, 15) is 9.18 Å². The maximum atomic E-state index is 13.5. The minimum absolute atomic E-state index is 0.183. The summed E-state index contributed by atoms with van der Waals surface area (Å²) in [6.45, 7) is 0.656. The molecule has 1 heterocycles. The highest BCUT2D eigenvalue weighted by atomic mass is 127. The zero-order valence-corrected chi connectivity index (χ0v) is 17.4. The summed E-state index contributed by atoms with van der Waals surface area (Å²) in [4.78, 5) is 12.6. The highest BCUT2D eigenvalue weighted by molar-refractivity contribution is 14.1. The van der Waals surface area contributed by atoms with Crippen LogP contribution in [0.25, 0.3) is 23.1 Å². The summed E-state index contributed by atoms with van der Waals surface area (Å²) in [6.07, 6.45) is 5.90. The summed E-state index contributed by atoms with van der Waals surface area (Å²) in [5.74, 6) is 1.85. The van der Waals surface area contributed by atoms with E-state index in [1.807, 2.05) is 46.9 Å². The van der Waals surface area contributed by atoms with Gasteiger partial charge in [0.1, 0.15) is 20.7 Å². The van der Waals surface area contributed by atoms with Crippen LogP contribution in [-0.2, 0) is 0 Å². The van der Waals surface area contributed by atoms with Gasteiger partial charge in [-0.3, -0.25) is 4.79 Å². The molecule has 1 fully saturated rings. The topological polar surface area (TPSA) is 48.7 Å². The van der Waals surface area contributed by atoms with E-state index in [1.54, 1.807) is 13.2 Å². The van der Waals surface area contributed by atoms with Crippen molar-refractivity contribution >= 4 is 45.7 Å². The van der Waals surface area contributed by atoms with Crippen molar-refractivity contribution in [3.63, 3.8) is 0 Å². The Morgan fingerprint density at radius 1 is 1.25 bits per heavy atom. The largest absolute Gasteiger partial charge is 0.493 e. The number of hydrogen-bond donors (Lipinski definition) is 0. The molecule has 28 heavy (non-hydrogen) atoms. The summed E-state index contributed by atoms with van der Waals surface area (Å²) in [6, 6.07) is 9.55. The first kappa shape index (κ1) is 19.0. The van der Waals surface area contributed by atoms with Gasteiger partial charge >= 0.3 is 0 Å². The van der Waals surface area contributed by atoms with Gasteiger partial charge in [0.05, 0.1) is 19.1 Å². The van der Waals surface area contributed by atoms with Crippen LogP contribution in [0.1, 0.15) is 24.2 Å².